The number of benzene rings is 3. The van der Waals surface area contributed by atoms with Crippen LogP contribution in [0.15, 0.2) is 96.4 Å². The van der Waals surface area contributed by atoms with Crippen LogP contribution in [0.4, 0.5) is 0 Å². The number of piperazine rings is 1. The molecule has 1 fully saturated rings. The van der Waals surface area contributed by atoms with Crippen LogP contribution in [0.25, 0.3) is 16.8 Å². The summed E-state index contributed by atoms with van der Waals surface area (Å²) in [7, 11) is -3.63. The largest absolute Gasteiger partial charge is 0.340 e. The van der Waals surface area contributed by atoms with Crippen LogP contribution in [-0.2, 0) is 14.8 Å². The van der Waals surface area contributed by atoms with E-state index in [0.29, 0.717) is 24.2 Å². The van der Waals surface area contributed by atoms with E-state index >= 15 is 0 Å². The molecule has 1 amide bonds. The van der Waals surface area contributed by atoms with Crippen molar-refractivity contribution >= 4 is 21.7 Å². The summed E-state index contributed by atoms with van der Waals surface area (Å²) >= 11 is 0. The van der Waals surface area contributed by atoms with E-state index in [4.69, 9.17) is 0 Å². The van der Waals surface area contributed by atoms with Gasteiger partial charge in [-0.25, -0.2) is 13.4 Å². The lowest BCUT2D eigenvalue weighted by Crippen LogP contribution is -2.49. The first-order valence-corrected chi connectivity index (χ1v) is 13.4. The number of hydrogen-bond acceptors (Lipinski definition) is 5. The first-order valence-electron chi connectivity index (χ1n) is 11.9. The highest BCUT2D eigenvalue weighted by Crippen LogP contribution is 2.25. The summed E-state index contributed by atoms with van der Waals surface area (Å²) in [6, 6.07) is 21.4. The third kappa shape index (κ3) is 5.09. The van der Waals surface area contributed by atoms with E-state index in [9.17, 15) is 18.0 Å². The molecule has 3 aromatic carbocycles. The van der Waals surface area contributed by atoms with Crippen molar-refractivity contribution in [3.05, 3.63) is 103 Å². The summed E-state index contributed by atoms with van der Waals surface area (Å²) in [6.45, 7) is 2.85. The molecule has 8 nitrogen and oxygen atoms in total. The van der Waals surface area contributed by atoms with Gasteiger partial charge in [-0.2, -0.15) is 4.31 Å². The molecule has 0 unspecified atom stereocenters. The van der Waals surface area contributed by atoms with E-state index in [1.54, 1.807) is 66.0 Å². The van der Waals surface area contributed by atoms with Crippen molar-refractivity contribution in [1.82, 2.24) is 18.8 Å². The van der Waals surface area contributed by atoms with Gasteiger partial charge in [0.2, 0.25) is 15.9 Å². The van der Waals surface area contributed by atoms with Crippen molar-refractivity contribution in [1.29, 1.82) is 0 Å². The van der Waals surface area contributed by atoms with Crippen LogP contribution in [0.5, 0.6) is 0 Å². The first kappa shape index (κ1) is 24.6. The van der Waals surface area contributed by atoms with Crippen molar-refractivity contribution in [2.24, 2.45) is 0 Å². The minimum atomic E-state index is -3.63. The molecule has 4 aromatic rings. The Bertz CT molecular complexity index is 1500. The number of rotatable bonds is 6. The van der Waals surface area contributed by atoms with Gasteiger partial charge < -0.3 is 9.47 Å². The summed E-state index contributed by atoms with van der Waals surface area (Å²) in [5.74, 6) is -0.118. The van der Waals surface area contributed by atoms with Crippen molar-refractivity contribution in [3.8, 4) is 16.8 Å². The molecule has 1 saturated heterocycles. The lowest BCUT2D eigenvalue weighted by molar-refractivity contribution is -0.129. The Hall–Kier alpha value is -4.08. The number of imidazole rings is 1. The Morgan fingerprint density at radius 2 is 1.30 bits per heavy atom. The van der Waals surface area contributed by atoms with Gasteiger partial charge in [0.1, 0.15) is 0 Å². The number of aromatic nitrogens is 2. The second-order valence-electron chi connectivity index (χ2n) is 8.86. The highest BCUT2D eigenvalue weighted by atomic mass is 32.2. The fourth-order valence-corrected chi connectivity index (χ4v) is 5.81. The number of amides is 1. The molecule has 188 valence electrons. The van der Waals surface area contributed by atoms with Crippen molar-refractivity contribution in [3.63, 3.8) is 0 Å². The van der Waals surface area contributed by atoms with Gasteiger partial charge in [-0.05, 0) is 47.5 Å². The van der Waals surface area contributed by atoms with Crippen molar-refractivity contribution in [2.75, 3.05) is 26.2 Å². The number of sulfonamides is 1. The quantitative estimate of drug-likeness (QED) is 0.367. The summed E-state index contributed by atoms with van der Waals surface area (Å²) in [5, 5.41) is 0. The van der Waals surface area contributed by atoms with E-state index in [2.05, 4.69) is 4.98 Å². The third-order valence-corrected chi connectivity index (χ3v) is 8.50. The molecule has 0 aliphatic carbocycles. The highest BCUT2D eigenvalue weighted by Gasteiger charge is 2.29. The highest BCUT2D eigenvalue weighted by molar-refractivity contribution is 7.89. The maximum Gasteiger partial charge on any atom is 0.243 e. The van der Waals surface area contributed by atoms with Crippen molar-refractivity contribution < 1.29 is 18.0 Å². The number of carbonyl (C=O) groups is 2. The smallest absolute Gasteiger partial charge is 0.243 e. The molecule has 1 aliphatic rings. The molecule has 1 aromatic heterocycles. The van der Waals surface area contributed by atoms with Gasteiger partial charge in [0.05, 0.1) is 11.2 Å². The lowest BCUT2D eigenvalue weighted by atomic mass is 9.99. The number of nitrogens with zero attached hydrogens (tertiary/aromatic N) is 4. The van der Waals surface area contributed by atoms with Gasteiger partial charge in [0, 0.05) is 62.3 Å². The van der Waals surface area contributed by atoms with Crippen LogP contribution in [0.1, 0.15) is 22.8 Å². The van der Waals surface area contributed by atoms with Gasteiger partial charge in [-0.15, -0.1) is 0 Å². The molecular formula is C28H26N4O4S. The predicted octanol–water partition coefficient (Wildman–Crippen LogP) is 3.62. The Morgan fingerprint density at radius 3 is 1.81 bits per heavy atom. The zero-order valence-electron chi connectivity index (χ0n) is 20.3. The van der Waals surface area contributed by atoms with E-state index in [-0.39, 0.29) is 29.7 Å². The van der Waals surface area contributed by atoms with Crippen LogP contribution in [-0.4, -0.2) is 65.0 Å². The Morgan fingerprint density at radius 1 is 0.757 bits per heavy atom. The van der Waals surface area contributed by atoms with E-state index < -0.39 is 10.0 Å². The van der Waals surface area contributed by atoms with Crippen LogP contribution in [0, 0.1) is 0 Å². The Kier molecular flexibility index (Phi) is 6.73. The molecule has 0 spiro atoms. The summed E-state index contributed by atoms with van der Waals surface area (Å²) < 4.78 is 29.4. The SMILES string of the molecule is CC(=O)N1CCN(S(=O)(=O)c2ccc(-c3ccc(C(=O)c4ccc(-n5ccnc5)cc4)cc3)cc2)CC1. The predicted molar refractivity (Wildman–Crippen MR) is 140 cm³/mol. The first-order chi connectivity index (χ1) is 17.8. The minimum Gasteiger partial charge on any atom is -0.340 e. The van der Waals surface area contributed by atoms with Crippen LogP contribution in [0.2, 0.25) is 0 Å². The number of ketones is 1. The molecule has 0 radical (unpaired) electrons. The monoisotopic (exact) mass is 514 g/mol. The molecule has 0 bridgehead atoms. The standard InChI is InChI=1S/C28H26N4O4S/c1-21(33)30-16-18-32(19-17-30)37(35,36)27-12-8-23(9-13-27)22-2-4-24(5-3-22)28(34)25-6-10-26(11-7-25)31-15-14-29-20-31/h2-15,20H,16-19H2,1H3. The summed E-state index contributed by atoms with van der Waals surface area (Å²) in [4.78, 5) is 30.4. The summed E-state index contributed by atoms with van der Waals surface area (Å²) in [6.07, 6.45) is 5.24. The summed E-state index contributed by atoms with van der Waals surface area (Å²) in [5.41, 5.74) is 3.82. The zero-order valence-corrected chi connectivity index (χ0v) is 21.1. The molecule has 5 rings (SSSR count). The molecular weight excluding hydrogens is 488 g/mol. The normalized spacial score (nSPS) is 14.5. The maximum absolute atomic E-state index is 13.0. The molecule has 37 heavy (non-hydrogen) atoms. The second kappa shape index (κ2) is 10.1. The number of carbonyl (C=O) groups excluding carboxylic acids is 2. The fourth-order valence-electron chi connectivity index (χ4n) is 4.39. The average molecular weight is 515 g/mol. The van der Waals surface area contributed by atoms with Gasteiger partial charge in [-0.1, -0.05) is 36.4 Å². The van der Waals surface area contributed by atoms with Crippen molar-refractivity contribution in [2.45, 2.75) is 11.8 Å². The van der Waals surface area contributed by atoms with Gasteiger partial charge >= 0.3 is 0 Å². The average Bonchev–Trinajstić information content (AvgIpc) is 3.48. The topological polar surface area (TPSA) is 92.6 Å². The number of hydrogen-bond donors (Lipinski definition) is 0. The molecule has 0 N–H and O–H groups in total. The second-order valence-corrected chi connectivity index (χ2v) is 10.8. The van der Waals surface area contributed by atoms with Gasteiger partial charge in [-0.3, -0.25) is 9.59 Å². The molecule has 0 saturated carbocycles. The molecule has 9 heteroatoms. The van der Waals surface area contributed by atoms with E-state index in [0.717, 1.165) is 16.8 Å². The minimum absolute atomic E-state index is 0.0439. The van der Waals surface area contributed by atoms with Crippen LogP contribution < -0.4 is 0 Å². The van der Waals surface area contributed by atoms with Crippen LogP contribution in [0.3, 0.4) is 0 Å². The van der Waals surface area contributed by atoms with Crippen LogP contribution >= 0.6 is 0 Å². The lowest BCUT2D eigenvalue weighted by Gasteiger charge is -2.33. The van der Waals surface area contributed by atoms with E-state index in [1.807, 2.05) is 35.0 Å². The maximum atomic E-state index is 13.0. The van der Waals surface area contributed by atoms with Gasteiger partial charge in [0.15, 0.2) is 5.78 Å². The van der Waals surface area contributed by atoms with E-state index in [1.165, 1.54) is 11.2 Å². The third-order valence-electron chi connectivity index (χ3n) is 6.59. The Labute approximate surface area is 215 Å². The fraction of sp³-hybridized carbons (Fsp3) is 0.179. The molecule has 0 atom stereocenters. The van der Waals surface area contributed by atoms with Gasteiger partial charge in [0.25, 0.3) is 0 Å². The molecule has 2 heterocycles. The molecule has 1 aliphatic heterocycles. The Balaban J connectivity index is 1.27. The zero-order chi connectivity index (χ0) is 26.0.